The van der Waals surface area contributed by atoms with Crippen LogP contribution in [-0.2, 0) is 9.59 Å². The number of hydrogen-bond acceptors (Lipinski definition) is 4. The van der Waals surface area contributed by atoms with Crippen LogP contribution in [0, 0.1) is 0 Å². The molecule has 0 saturated carbocycles. The van der Waals surface area contributed by atoms with Crippen LogP contribution in [0.1, 0.15) is 17.8 Å². The molecule has 0 aromatic carbocycles. The van der Waals surface area contributed by atoms with Gasteiger partial charge in [0.25, 0.3) is 0 Å². The molecule has 0 aliphatic heterocycles. The largest absolute Gasteiger partial charge is 0.479 e. The number of amides is 3. The molecule has 0 saturated heterocycles. The first-order chi connectivity index (χ1) is 7.93. The van der Waals surface area contributed by atoms with E-state index in [-0.39, 0.29) is 0 Å². The van der Waals surface area contributed by atoms with Crippen molar-refractivity contribution in [2.24, 2.45) is 0 Å². The van der Waals surface area contributed by atoms with Crippen LogP contribution in [0.3, 0.4) is 0 Å². The molecule has 1 aromatic heterocycles. The molecule has 17 heavy (non-hydrogen) atoms. The van der Waals surface area contributed by atoms with Crippen molar-refractivity contribution in [1.29, 1.82) is 0 Å². The molecule has 0 aliphatic rings. The summed E-state index contributed by atoms with van der Waals surface area (Å²) in [5, 5.41) is 13.0. The normalized spacial score (nSPS) is 11.6. The number of hydrogen-bond donors (Lipinski definition) is 2. The average Bonchev–Trinajstić information content (AvgIpc) is 2.76. The van der Waals surface area contributed by atoms with Crippen molar-refractivity contribution in [1.82, 2.24) is 10.2 Å². The highest BCUT2D eigenvalue weighted by Crippen LogP contribution is 2.19. The average molecular weight is 256 g/mol. The second-order valence-electron chi connectivity index (χ2n) is 3.31. The number of carbonyl (C=O) groups is 3. The Morgan fingerprint density at radius 1 is 1.47 bits per heavy atom. The van der Waals surface area contributed by atoms with Crippen LogP contribution in [-0.4, -0.2) is 35.0 Å². The monoisotopic (exact) mass is 256 g/mol. The molecule has 2 N–H and O–H groups in total. The van der Waals surface area contributed by atoms with Gasteiger partial charge in [-0.05, 0) is 11.4 Å². The van der Waals surface area contributed by atoms with Crippen LogP contribution in [0.15, 0.2) is 17.5 Å². The zero-order chi connectivity index (χ0) is 13.0. The number of carboxylic acid groups (broad SMARTS) is 1. The van der Waals surface area contributed by atoms with Gasteiger partial charge < -0.3 is 10.4 Å². The molecule has 92 valence electrons. The van der Waals surface area contributed by atoms with Crippen molar-refractivity contribution >= 4 is 29.2 Å². The van der Waals surface area contributed by atoms with E-state index in [0.717, 1.165) is 4.90 Å². The van der Waals surface area contributed by atoms with Crippen LogP contribution < -0.4 is 5.32 Å². The Labute approximate surface area is 102 Å². The van der Waals surface area contributed by atoms with Gasteiger partial charge in [-0.2, -0.15) is 0 Å². The molecule has 0 radical (unpaired) electrons. The fourth-order valence-corrected chi connectivity index (χ4v) is 1.84. The third-order valence-electron chi connectivity index (χ3n) is 2.12. The number of carboxylic acids is 1. The fraction of sp³-hybridized carbons (Fsp3) is 0.300. The number of thiophene rings is 1. The van der Waals surface area contributed by atoms with E-state index in [9.17, 15) is 14.4 Å². The van der Waals surface area contributed by atoms with Gasteiger partial charge in [-0.15, -0.1) is 11.3 Å². The van der Waals surface area contributed by atoms with Gasteiger partial charge in [0.2, 0.25) is 5.91 Å². The van der Waals surface area contributed by atoms with Crippen LogP contribution in [0.25, 0.3) is 0 Å². The number of rotatable bonds is 3. The molecule has 3 amide bonds. The van der Waals surface area contributed by atoms with E-state index >= 15 is 0 Å². The summed E-state index contributed by atoms with van der Waals surface area (Å²) in [5.41, 5.74) is 0. The summed E-state index contributed by atoms with van der Waals surface area (Å²) in [6, 6.07) is 1.43. The number of carbonyl (C=O) groups excluding carboxylic acids is 2. The molecule has 0 fully saturated rings. The van der Waals surface area contributed by atoms with E-state index in [1.165, 1.54) is 25.3 Å². The van der Waals surface area contributed by atoms with E-state index in [2.05, 4.69) is 5.32 Å². The van der Waals surface area contributed by atoms with Gasteiger partial charge in [0.15, 0.2) is 6.04 Å². The minimum atomic E-state index is -1.17. The molecule has 0 bridgehead atoms. The first-order valence-electron chi connectivity index (χ1n) is 4.74. The van der Waals surface area contributed by atoms with Crippen LogP contribution in [0.2, 0.25) is 0 Å². The van der Waals surface area contributed by atoms with Crippen molar-refractivity contribution in [3.05, 3.63) is 22.4 Å². The van der Waals surface area contributed by atoms with E-state index in [1.54, 1.807) is 17.5 Å². The fourth-order valence-electron chi connectivity index (χ4n) is 1.07. The Morgan fingerprint density at radius 2 is 2.12 bits per heavy atom. The molecule has 0 aliphatic carbocycles. The molecule has 0 spiro atoms. The SMILES string of the molecule is CC(=O)N(C)C(=O)NC(C(=O)O)c1cccs1. The predicted molar refractivity (Wildman–Crippen MR) is 61.7 cm³/mol. The standard InChI is InChI=1S/C10H12N2O4S/c1-6(13)12(2)10(16)11-8(9(14)15)7-4-3-5-17-7/h3-5,8H,1-2H3,(H,11,16)(H,14,15). The first-order valence-corrected chi connectivity index (χ1v) is 5.62. The van der Waals surface area contributed by atoms with E-state index in [4.69, 9.17) is 5.11 Å². The summed E-state index contributed by atoms with van der Waals surface area (Å²) in [6.45, 7) is 1.22. The van der Waals surface area contributed by atoms with Gasteiger partial charge in [0.1, 0.15) is 0 Å². The third-order valence-corrected chi connectivity index (χ3v) is 3.06. The van der Waals surface area contributed by atoms with Gasteiger partial charge in [0.05, 0.1) is 0 Å². The second kappa shape index (κ2) is 5.44. The van der Waals surface area contributed by atoms with Gasteiger partial charge >= 0.3 is 12.0 Å². The maximum absolute atomic E-state index is 11.5. The second-order valence-corrected chi connectivity index (χ2v) is 4.29. The molecule has 1 rings (SSSR count). The minimum absolute atomic E-state index is 0.460. The van der Waals surface area contributed by atoms with Crippen LogP contribution in [0.4, 0.5) is 4.79 Å². The van der Waals surface area contributed by atoms with Gasteiger partial charge in [-0.1, -0.05) is 6.07 Å². The molecule has 1 heterocycles. The molecule has 1 unspecified atom stereocenters. The Morgan fingerprint density at radius 3 is 2.53 bits per heavy atom. The van der Waals surface area contributed by atoms with Crippen LogP contribution in [0.5, 0.6) is 0 Å². The lowest BCUT2D eigenvalue weighted by Gasteiger charge is -2.18. The summed E-state index contributed by atoms with van der Waals surface area (Å²) in [5.74, 6) is -1.63. The third kappa shape index (κ3) is 3.28. The van der Waals surface area contributed by atoms with Gasteiger partial charge in [-0.3, -0.25) is 9.69 Å². The number of urea groups is 1. The maximum Gasteiger partial charge on any atom is 0.331 e. The van der Waals surface area contributed by atoms with Crippen molar-refractivity contribution in [3.8, 4) is 0 Å². The number of aliphatic carboxylic acids is 1. The van der Waals surface area contributed by atoms with Crippen molar-refractivity contribution in [3.63, 3.8) is 0 Å². The number of nitrogens with zero attached hydrogens (tertiary/aromatic N) is 1. The summed E-state index contributed by atoms with van der Waals surface area (Å²) >= 11 is 1.22. The Hall–Kier alpha value is -1.89. The summed E-state index contributed by atoms with van der Waals surface area (Å²) in [6.07, 6.45) is 0. The summed E-state index contributed by atoms with van der Waals surface area (Å²) in [4.78, 5) is 34.8. The highest BCUT2D eigenvalue weighted by Gasteiger charge is 2.25. The quantitative estimate of drug-likeness (QED) is 0.846. The van der Waals surface area contributed by atoms with E-state index < -0.39 is 23.9 Å². The molecule has 7 heteroatoms. The zero-order valence-corrected chi connectivity index (χ0v) is 10.2. The molecule has 6 nitrogen and oxygen atoms in total. The van der Waals surface area contributed by atoms with Gasteiger partial charge in [0, 0.05) is 18.8 Å². The van der Waals surface area contributed by atoms with Crippen molar-refractivity contribution < 1.29 is 19.5 Å². The maximum atomic E-state index is 11.5. The van der Waals surface area contributed by atoms with E-state index in [1.807, 2.05) is 0 Å². The lowest BCUT2D eigenvalue weighted by Crippen LogP contribution is -2.43. The van der Waals surface area contributed by atoms with Gasteiger partial charge in [-0.25, -0.2) is 9.59 Å². The highest BCUT2D eigenvalue weighted by molar-refractivity contribution is 7.10. The Kier molecular flexibility index (Phi) is 4.22. The topological polar surface area (TPSA) is 86.7 Å². The predicted octanol–water partition coefficient (Wildman–Crippen LogP) is 1.06. The minimum Gasteiger partial charge on any atom is -0.479 e. The number of imide groups is 1. The first kappa shape index (κ1) is 13.2. The summed E-state index contributed by atoms with van der Waals surface area (Å²) in [7, 11) is 1.28. The smallest absolute Gasteiger partial charge is 0.331 e. The van der Waals surface area contributed by atoms with Crippen molar-refractivity contribution in [2.45, 2.75) is 13.0 Å². The van der Waals surface area contributed by atoms with Crippen LogP contribution >= 0.6 is 11.3 Å². The zero-order valence-electron chi connectivity index (χ0n) is 9.34. The Balaban J connectivity index is 2.79. The van der Waals surface area contributed by atoms with Crippen molar-refractivity contribution in [2.75, 3.05) is 7.05 Å². The lowest BCUT2D eigenvalue weighted by molar-refractivity contribution is -0.139. The Bertz CT molecular complexity index is 430. The number of nitrogens with one attached hydrogen (secondary N) is 1. The molecule has 1 atom stereocenters. The molecule has 1 aromatic rings. The molecular weight excluding hydrogens is 244 g/mol. The highest BCUT2D eigenvalue weighted by atomic mass is 32.1. The lowest BCUT2D eigenvalue weighted by atomic mass is 10.2. The van der Waals surface area contributed by atoms with E-state index in [0.29, 0.717) is 4.88 Å². The summed E-state index contributed by atoms with van der Waals surface area (Å²) < 4.78 is 0. The molecular formula is C10H12N2O4S.